The molecule has 2 amide bonds. The third kappa shape index (κ3) is 6.19. The lowest BCUT2D eigenvalue weighted by molar-refractivity contribution is -0.384. The van der Waals surface area contributed by atoms with E-state index in [0.717, 1.165) is 17.7 Å². The van der Waals surface area contributed by atoms with Crippen LogP contribution < -0.4 is 10.6 Å². The van der Waals surface area contributed by atoms with Gasteiger partial charge in [-0.3, -0.25) is 24.6 Å². The number of nitro groups is 1. The number of amides is 2. The second-order valence-corrected chi connectivity index (χ2v) is 7.98. The Labute approximate surface area is 189 Å². The summed E-state index contributed by atoms with van der Waals surface area (Å²) in [5.41, 5.74) is 2.93. The molecule has 2 N–H and O–H groups in total. The molecule has 0 saturated heterocycles. The summed E-state index contributed by atoms with van der Waals surface area (Å²) in [7, 11) is 1.68. The van der Waals surface area contributed by atoms with E-state index in [1.807, 2.05) is 31.2 Å². The molecular formula is C22H23N5O4S. The van der Waals surface area contributed by atoms with Crippen molar-refractivity contribution in [2.75, 3.05) is 30.8 Å². The number of aromatic nitrogens is 1. The predicted octanol–water partition coefficient (Wildman–Crippen LogP) is 3.79. The summed E-state index contributed by atoms with van der Waals surface area (Å²) in [6.07, 6.45) is 0.806. The van der Waals surface area contributed by atoms with Gasteiger partial charge in [-0.1, -0.05) is 37.3 Å². The lowest BCUT2D eigenvalue weighted by Gasteiger charge is -2.16. The Morgan fingerprint density at radius 1 is 1.09 bits per heavy atom. The maximum Gasteiger partial charge on any atom is 0.270 e. The SMILES string of the molecule is CCc1ccccc1NC(=O)CN(C)CC(=O)Nc1nc(-c2cccc([N+](=O)[O-])c2)cs1. The van der Waals surface area contributed by atoms with E-state index in [4.69, 9.17) is 0 Å². The summed E-state index contributed by atoms with van der Waals surface area (Å²) in [6.45, 7) is 2.08. The normalized spacial score (nSPS) is 10.7. The van der Waals surface area contributed by atoms with Gasteiger partial charge in [0.15, 0.2) is 5.13 Å². The molecule has 0 aliphatic carbocycles. The van der Waals surface area contributed by atoms with Crippen molar-refractivity contribution in [1.82, 2.24) is 9.88 Å². The highest BCUT2D eigenvalue weighted by Crippen LogP contribution is 2.27. The van der Waals surface area contributed by atoms with Gasteiger partial charge in [0.25, 0.3) is 5.69 Å². The van der Waals surface area contributed by atoms with Crippen LogP contribution in [0.25, 0.3) is 11.3 Å². The van der Waals surface area contributed by atoms with Crippen molar-refractivity contribution in [1.29, 1.82) is 0 Å². The molecule has 166 valence electrons. The number of carbonyl (C=O) groups excluding carboxylic acids is 2. The number of likely N-dealkylation sites (N-methyl/N-ethyl adjacent to an activating group) is 1. The van der Waals surface area contributed by atoms with Gasteiger partial charge in [0.05, 0.1) is 23.7 Å². The standard InChI is InChI=1S/C22H23N5O4S/c1-3-15-7-4-5-10-18(15)23-20(28)12-26(2)13-21(29)25-22-24-19(14-32-22)16-8-6-9-17(11-16)27(30)31/h4-11,14H,3,12-13H2,1-2H3,(H,23,28)(H,24,25,29). The molecule has 1 heterocycles. The molecule has 0 saturated carbocycles. The van der Waals surface area contributed by atoms with E-state index < -0.39 is 4.92 Å². The average Bonchev–Trinajstić information content (AvgIpc) is 3.22. The monoisotopic (exact) mass is 453 g/mol. The van der Waals surface area contributed by atoms with E-state index in [0.29, 0.717) is 16.4 Å². The Morgan fingerprint density at radius 3 is 2.53 bits per heavy atom. The fourth-order valence-corrected chi connectivity index (χ4v) is 3.82. The first-order valence-electron chi connectivity index (χ1n) is 9.92. The van der Waals surface area contributed by atoms with Crippen LogP contribution in [-0.4, -0.2) is 46.8 Å². The van der Waals surface area contributed by atoms with E-state index in [-0.39, 0.29) is 30.6 Å². The van der Waals surface area contributed by atoms with Crippen molar-refractivity contribution >= 4 is 39.7 Å². The van der Waals surface area contributed by atoms with Gasteiger partial charge >= 0.3 is 0 Å². The molecule has 0 spiro atoms. The van der Waals surface area contributed by atoms with Crippen LogP contribution in [0.4, 0.5) is 16.5 Å². The lowest BCUT2D eigenvalue weighted by Crippen LogP contribution is -2.36. The molecule has 9 nitrogen and oxygen atoms in total. The van der Waals surface area contributed by atoms with Crippen molar-refractivity contribution in [3.8, 4) is 11.3 Å². The van der Waals surface area contributed by atoms with Crippen LogP contribution in [0.15, 0.2) is 53.9 Å². The van der Waals surface area contributed by atoms with Crippen LogP contribution in [0.1, 0.15) is 12.5 Å². The fourth-order valence-electron chi connectivity index (χ4n) is 3.09. The predicted molar refractivity (Wildman–Crippen MR) is 125 cm³/mol. The maximum absolute atomic E-state index is 12.3. The Hall–Kier alpha value is -3.63. The largest absolute Gasteiger partial charge is 0.325 e. The van der Waals surface area contributed by atoms with Crippen LogP contribution >= 0.6 is 11.3 Å². The summed E-state index contributed by atoms with van der Waals surface area (Å²) < 4.78 is 0. The van der Waals surface area contributed by atoms with Gasteiger partial charge in [0.1, 0.15) is 0 Å². The topological polar surface area (TPSA) is 117 Å². The highest BCUT2D eigenvalue weighted by molar-refractivity contribution is 7.14. The zero-order chi connectivity index (χ0) is 23.1. The zero-order valence-electron chi connectivity index (χ0n) is 17.7. The number of nitrogens with one attached hydrogen (secondary N) is 2. The van der Waals surface area contributed by atoms with Crippen molar-refractivity contribution in [3.05, 3.63) is 69.6 Å². The molecule has 32 heavy (non-hydrogen) atoms. The minimum atomic E-state index is -0.467. The molecule has 2 aromatic carbocycles. The summed E-state index contributed by atoms with van der Waals surface area (Å²) >= 11 is 1.22. The van der Waals surface area contributed by atoms with Crippen molar-refractivity contribution in [3.63, 3.8) is 0 Å². The molecule has 0 fully saturated rings. The van der Waals surface area contributed by atoms with Gasteiger partial charge in [-0.2, -0.15) is 0 Å². The molecule has 1 aromatic heterocycles. The minimum Gasteiger partial charge on any atom is -0.325 e. The lowest BCUT2D eigenvalue weighted by atomic mass is 10.1. The van der Waals surface area contributed by atoms with Gasteiger partial charge < -0.3 is 10.6 Å². The number of carbonyl (C=O) groups is 2. The quantitative estimate of drug-likeness (QED) is 0.376. The van der Waals surface area contributed by atoms with Crippen molar-refractivity contribution < 1.29 is 14.5 Å². The highest BCUT2D eigenvalue weighted by Gasteiger charge is 2.14. The second-order valence-electron chi connectivity index (χ2n) is 7.12. The number of nitrogens with zero attached hydrogens (tertiary/aromatic N) is 3. The van der Waals surface area contributed by atoms with Gasteiger partial charge in [-0.25, -0.2) is 4.98 Å². The summed E-state index contributed by atoms with van der Waals surface area (Å²) in [6, 6.07) is 13.7. The number of hydrogen-bond donors (Lipinski definition) is 2. The van der Waals surface area contributed by atoms with Gasteiger partial charge in [0.2, 0.25) is 11.8 Å². The van der Waals surface area contributed by atoms with Gasteiger partial charge in [-0.05, 0) is 25.1 Å². The number of rotatable bonds is 9. The van der Waals surface area contributed by atoms with E-state index in [1.165, 1.54) is 23.5 Å². The minimum absolute atomic E-state index is 0.00850. The molecule has 0 bridgehead atoms. The molecule has 0 radical (unpaired) electrons. The van der Waals surface area contributed by atoms with Crippen molar-refractivity contribution in [2.45, 2.75) is 13.3 Å². The molecule has 3 aromatic rings. The van der Waals surface area contributed by atoms with Crippen LogP contribution in [-0.2, 0) is 16.0 Å². The van der Waals surface area contributed by atoms with Gasteiger partial charge in [-0.15, -0.1) is 11.3 Å². The Balaban J connectivity index is 1.53. The number of nitro benzene ring substituents is 1. The fraction of sp³-hybridized carbons (Fsp3) is 0.227. The second kappa shape index (κ2) is 10.6. The third-order valence-corrected chi connectivity index (χ3v) is 5.36. The smallest absolute Gasteiger partial charge is 0.270 e. The van der Waals surface area contributed by atoms with Crippen molar-refractivity contribution in [2.24, 2.45) is 0 Å². The highest BCUT2D eigenvalue weighted by atomic mass is 32.1. The summed E-state index contributed by atoms with van der Waals surface area (Å²) in [4.78, 5) is 41.1. The molecule has 0 aliphatic heterocycles. The molecule has 0 unspecified atom stereocenters. The Bertz CT molecular complexity index is 1130. The number of non-ortho nitro benzene ring substituents is 1. The number of benzene rings is 2. The zero-order valence-corrected chi connectivity index (χ0v) is 18.5. The molecule has 3 rings (SSSR count). The Kier molecular flexibility index (Phi) is 7.63. The number of thiazole rings is 1. The van der Waals surface area contributed by atoms with Crippen LogP contribution in [0, 0.1) is 10.1 Å². The number of hydrogen-bond acceptors (Lipinski definition) is 7. The Morgan fingerprint density at radius 2 is 1.81 bits per heavy atom. The van der Waals surface area contributed by atoms with E-state index >= 15 is 0 Å². The number of aryl methyl sites for hydroxylation is 1. The van der Waals surface area contributed by atoms with Gasteiger partial charge in [0, 0.05) is 28.8 Å². The first-order valence-corrected chi connectivity index (χ1v) is 10.8. The first kappa shape index (κ1) is 23.0. The van der Waals surface area contributed by atoms with E-state index in [2.05, 4.69) is 15.6 Å². The maximum atomic E-state index is 12.3. The molecule has 0 atom stereocenters. The molecular weight excluding hydrogens is 430 g/mol. The first-order chi connectivity index (χ1) is 15.4. The third-order valence-electron chi connectivity index (χ3n) is 4.60. The summed E-state index contributed by atoms with van der Waals surface area (Å²) in [5.74, 6) is -0.516. The van der Waals surface area contributed by atoms with Crippen LogP contribution in [0.2, 0.25) is 0 Å². The van der Waals surface area contributed by atoms with Crippen LogP contribution in [0.5, 0.6) is 0 Å². The molecule has 0 aliphatic rings. The summed E-state index contributed by atoms with van der Waals surface area (Å²) in [5, 5.41) is 18.6. The number of para-hydroxylation sites is 1. The molecule has 10 heteroatoms. The van der Waals surface area contributed by atoms with E-state index in [9.17, 15) is 19.7 Å². The van der Waals surface area contributed by atoms with E-state index in [1.54, 1.807) is 29.5 Å². The average molecular weight is 454 g/mol. The van der Waals surface area contributed by atoms with Crippen LogP contribution in [0.3, 0.4) is 0 Å². The number of anilines is 2.